The molecule has 0 saturated carbocycles. The first-order valence-electron chi connectivity index (χ1n) is 10.4. The molecule has 9 heteroatoms. The molecule has 0 unspecified atom stereocenters. The fraction of sp³-hybridized carbons (Fsp3) is 0.409. The van der Waals surface area contributed by atoms with Crippen LogP contribution in [0.15, 0.2) is 42.5 Å². The maximum atomic E-state index is 14.7. The molecule has 8 nitrogen and oxygen atoms in total. The van der Waals surface area contributed by atoms with Gasteiger partial charge in [0.2, 0.25) is 0 Å². The lowest BCUT2D eigenvalue weighted by Crippen LogP contribution is -2.54. The summed E-state index contributed by atoms with van der Waals surface area (Å²) in [6.07, 6.45) is 0. The summed E-state index contributed by atoms with van der Waals surface area (Å²) in [5.74, 6) is -0.668. The second kappa shape index (κ2) is 8.89. The molecule has 0 radical (unpaired) electrons. The van der Waals surface area contributed by atoms with Crippen LogP contribution >= 0.6 is 0 Å². The molecule has 1 atom stereocenters. The lowest BCUT2D eigenvalue weighted by atomic mass is 10.1. The Morgan fingerprint density at radius 3 is 2.42 bits per heavy atom. The summed E-state index contributed by atoms with van der Waals surface area (Å²) in [5.41, 5.74) is 1.08. The van der Waals surface area contributed by atoms with Gasteiger partial charge >= 0.3 is 0 Å². The molecular weight excluding hydrogens is 403 g/mol. The Labute approximate surface area is 179 Å². The van der Waals surface area contributed by atoms with Gasteiger partial charge in [-0.15, -0.1) is 0 Å². The lowest BCUT2D eigenvalue weighted by Gasteiger charge is -2.41. The Bertz CT molecular complexity index is 965. The molecule has 2 aliphatic heterocycles. The normalized spacial score (nSPS) is 19.4. The molecule has 1 amide bonds. The van der Waals surface area contributed by atoms with E-state index < -0.39 is 10.7 Å². The highest BCUT2D eigenvalue weighted by Crippen LogP contribution is 2.36. The van der Waals surface area contributed by atoms with Crippen LogP contribution in [0.2, 0.25) is 0 Å². The lowest BCUT2D eigenvalue weighted by molar-refractivity contribution is -0.384. The van der Waals surface area contributed by atoms with Crippen LogP contribution in [0, 0.1) is 15.9 Å². The van der Waals surface area contributed by atoms with E-state index >= 15 is 0 Å². The predicted octanol–water partition coefficient (Wildman–Crippen LogP) is 2.92. The highest BCUT2D eigenvalue weighted by atomic mass is 19.1. The second-order valence-electron chi connectivity index (χ2n) is 7.81. The summed E-state index contributed by atoms with van der Waals surface area (Å²) in [5, 5.41) is 11.7. The van der Waals surface area contributed by atoms with E-state index in [-0.39, 0.29) is 17.6 Å². The fourth-order valence-electron chi connectivity index (χ4n) is 4.21. The summed E-state index contributed by atoms with van der Waals surface area (Å²) in [6.45, 7) is 5.24. The largest absolute Gasteiger partial charge is 0.378 e. The second-order valence-corrected chi connectivity index (χ2v) is 7.81. The van der Waals surface area contributed by atoms with Crippen molar-refractivity contribution >= 4 is 23.0 Å². The van der Waals surface area contributed by atoms with Gasteiger partial charge in [-0.1, -0.05) is 18.2 Å². The smallest absolute Gasteiger partial charge is 0.295 e. The highest BCUT2D eigenvalue weighted by molar-refractivity contribution is 5.94. The maximum Gasteiger partial charge on any atom is 0.295 e. The average Bonchev–Trinajstić information content (AvgIpc) is 2.79. The Hall–Kier alpha value is -3.20. The van der Waals surface area contributed by atoms with E-state index in [1.54, 1.807) is 23.1 Å². The van der Waals surface area contributed by atoms with Crippen molar-refractivity contribution in [2.75, 3.05) is 55.7 Å². The number of piperazine rings is 1. The van der Waals surface area contributed by atoms with Gasteiger partial charge < -0.3 is 19.4 Å². The predicted molar refractivity (Wildman–Crippen MR) is 115 cm³/mol. The number of hydrogen-bond donors (Lipinski definition) is 0. The van der Waals surface area contributed by atoms with Crippen LogP contribution in [0.1, 0.15) is 17.3 Å². The SMILES string of the molecule is C[C@@H]1CN(c2cc(N3CCOCC3)c(F)cc2[N+](=O)[O-])CCN1C(=O)c1ccccc1. The van der Waals surface area contributed by atoms with Crippen molar-refractivity contribution in [2.45, 2.75) is 13.0 Å². The molecule has 4 rings (SSSR count). The topological polar surface area (TPSA) is 79.2 Å². The zero-order valence-corrected chi connectivity index (χ0v) is 17.4. The van der Waals surface area contributed by atoms with Gasteiger partial charge in [0.05, 0.1) is 29.9 Å². The Morgan fingerprint density at radius 2 is 1.77 bits per heavy atom. The van der Waals surface area contributed by atoms with Gasteiger partial charge in [0.15, 0.2) is 5.82 Å². The number of carbonyl (C=O) groups is 1. The van der Waals surface area contributed by atoms with Crippen molar-refractivity contribution in [1.82, 2.24) is 4.90 Å². The number of morpholine rings is 1. The van der Waals surface area contributed by atoms with Crippen molar-refractivity contribution in [3.8, 4) is 0 Å². The molecule has 0 N–H and O–H groups in total. The standard InChI is InChI=1S/C22H25FN4O4/c1-16-15-25(7-8-26(16)22(28)17-5-3-2-4-6-17)20-14-19(24-9-11-31-12-10-24)18(23)13-21(20)27(29)30/h2-6,13-14,16H,7-12,15H2,1H3/t16-/m1/s1. The maximum absolute atomic E-state index is 14.7. The summed E-state index contributed by atoms with van der Waals surface area (Å²) < 4.78 is 20.1. The van der Waals surface area contributed by atoms with Crippen LogP contribution in [0.5, 0.6) is 0 Å². The number of ether oxygens (including phenoxy) is 1. The third kappa shape index (κ3) is 4.32. The van der Waals surface area contributed by atoms with Gasteiger partial charge in [-0.05, 0) is 25.1 Å². The minimum atomic E-state index is -0.608. The van der Waals surface area contributed by atoms with Crippen LogP contribution in [0.3, 0.4) is 0 Å². The van der Waals surface area contributed by atoms with Crippen molar-refractivity contribution in [1.29, 1.82) is 0 Å². The number of hydrogen-bond acceptors (Lipinski definition) is 6. The van der Waals surface area contributed by atoms with Crippen molar-refractivity contribution < 1.29 is 18.8 Å². The minimum Gasteiger partial charge on any atom is -0.378 e. The summed E-state index contributed by atoms with van der Waals surface area (Å²) in [4.78, 5) is 29.5. The monoisotopic (exact) mass is 428 g/mol. The van der Waals surface area contributed by atoms with E-state index in [1.165, 1.54) is 0 Å². The number of carbonyl (C=O) groups excluding carboxylic acids is 1. The highest BCUT2D eigenvalue weighted by Gasteiger charge is 2.32. The van der Waals surface area contributed by atoms with Gasteiger partial charge in [-0.3, -0.25) is 14.9 Å². The molecule has 2 aliphatic rings. The summed E-state index contributed by atoms with van der Waals surface area (Å²) in [6, 6.07) is 11.5. The molecule has 2 saturated heterocycles. The number of nitro benzene ring substituents is 1. The molecule has 2 aromatic carbocycles. The number of rotatable bonds is 4. The van der Waals surface area contributed by atoms with E-state index in [1.807, 2.05) is 34.9 Å². The first kappa shape index (κ1) is 21.0. The zero-order chi connectivity index (χ0) is 22.0. The Balaban J connectivity index is 1.59. The first-order valence-corrected chi connectivity index (χ1v) is 10.4. The third-order valence-electron chi connectivity index (χ3n) is 5.84. The quantitative estimate of drug-likeness (QED) is 0.550. The van der Waals surface area contributed by atoms with Crippen LogP contribution in [0.25, 0.3) is 0 Å². The van der Waals surface area contributed by atoms with Crippen LogP contribution in [-0.4, -0.2) is 67.7 Å². The first-order chi connectivity index (χ1) is 15.0. The molecule has 0 spiro atoms. The van der Waals surface area contributed by atoms with Gasteiger partial charge in [0.1, 0.15) is 5.69 Å². The number of halogens is 1. The summed E-state index contributed by atoms with van der Waals surface area (Å²) >= 11 is 0. The van der Waals surface area contributed by atoms with Crippen molar-refractivity contribution in [2.24, 2.45) is 0 Å². The molecule has 0 bridgehead atoms. The van der Waals surface area contributed by atoms with E-state index in [9.17, 15) is 19.3 Å². The number of nitro groups is 1. The molecule has 2 fully saturated rings. The number of nitrogens with zero attached hydrogens (tertiary/aromatic N) is 4. The minimum absolute atomic E-state index is 0.0599. The van der Waals surface area contributed by atoms with Gasteiger partial charge in [0.25, 0.3) is 11.6 Å². The van der Waals surface area contributed by atoms with E-state index in [0.717, 1.165) is 6.07 Å². The van der Waals surface area contributed by atoms with Crippen molar-refractivity contribution in [3.63, 3.8) is 0 Å². The van der Waals surface area contributed by atoms with Crippen LogP contribution < -0.4 is 9.80 Å². The van der Waals surface area contributed by atoms with Gasteiger partial charge in [0, 0.05) is 44.3 Å². The van der Waals surface area contributed by atoms with Crippen molar-refractivity contribution in [3.05, 3.63) is 64.0 Å². The average molecular weight is 428 g/mol. The fourth-order valence-corrected chi connectivity index (χ4v) is 4.21. The van der Waals surface area contributed by atoms with Crippen LogP contribution in [-0.2, 0) is 4.74 Å². The molecule has 31 heavy (non-hydrogen) atoms. The number of benzene rings is 2. The molecular formula is C22H25FN4O4. The number of amides is 1. The molecule has 2 heterocycles. The van der Waals surface area contributed by atoms with E-state index in [4.69, 9.17) is 4.74 Å². The van der Waals surface area contributed by atoms with Gasteiger partial charge in [-0.2, -0.15) is 0 Å². The van der Waals surface area contributed by atoms with Gasteiger partial charge in [-0.25, -0.2) is 4.39 Å². The molecule has 164 valence electrons. The van der Waals surface area contributed by atoms with E-state index in [0.29, 0.717) is 62.9 Å². The number of anilines is 2. The molecule has 0 aliphatic carbocycles. The van der Waals surface area contributed by atoms with E-state index in [2.05, 4.69) is 0 Å². The summed E-state index contributed by atoms with van der Waals surface area (Å²) in [7, 11) is 0. The third-order valence-corrected chi connectivity index (χ3v) is 5.84. The Kier molecular flexibility index (Phi) is 6.03. The molecule has 0 aromatic heterocycles. The van der Waals surface area contributed by atoms with Crippen LogP contribution in [0.4, 0.5) is 21.5 Å². The Morgan fingerprint density at radius 1 is 1.06 bits per heavy atom. The zero-order valence-electron chi connectivity index (χ0n) is 17.4. The molecule has 2 aromatic rings.